The highest BCUT2D eigenvalue weighted by atomic mass is 127. The van der Waals surface area contributed by atoms with E-state index in [0.29, 0.717) is 12.0 Å². The Balaban J connectivity index is 2.24. The molecular weight excluding hydrogens is 405 g/mol. The van der Waals surface area contributed by atoms with Gasteiger partial charge in [-0.25, -0.2) is 0 Å². The molecule has 4 nitrogen and oxygen atoms in total. The maximum absolute atomic E-state index is 11.6. The van der Waals surface area contributed by atoms with E-state index in [1.165, 1.54) is 7.11 Å². The van der Waals surface area contributed by atoms with Gasteiger partial charge in [-0.15, -0.1) is 0 Å². The van der Waals surface area contributed by atoms with Crippen LogP contribution in [0.25, 0.3) is 11.1 Å². The Labute approximate surface area is 148 Å². The van der Waals surface area contributed by atoms with Gasteiger partial charge in [0.05, 0.1) is 18.7 Å². The van der Waals surface area contributed by atoms with Crippen LogP contribution in [0.5, 0.6) is 0 Å². The van der Waals surface area contributed by atoms with Crippen molar-refractivity contribution in [3.8, 4) is 17.2 Å². The van der Waals surface area contributed by atoms with Crippen LogP contribution in [0.4, 0.5) is 0 Å². The summed E-state index contributed by atoms with van der Waals surface area (Å²) >= 11 is 1.62. The number of nitriles is 1. The number of carbonyl (C=O) groups is 2. The fourth-order valence-corrected chi connectivity index (χ4v) is 2.76. The Hall–Kier alpha value is -2.20. The van der Waals surface area contributed by atoms with Crippen LogP contribution in [0.3, 0.4) is 0 Å². The first-order chi connectivity index (χ1) is 11.1. The summed E-state index contributed by atoms with van der Waals surface area (Å²) in [6.45, 7) is 0. The van der Waals surface area contributed by atoms with E-state index in [9.17, 15) is 9.59 Å². The summed E-state index contributed by atoms with van der Waals surface area (Å²) in [5.74, 6) is -1.32. The van der Waals surface area contributed by atoms with E-state index in [-0.39, 0.29) is 3.79 Å². The summed E-state index contributed by atoms with van der Waals surface area (Å²) in [4.78, 5) is 23.2. The minimum Gasteiger partial charge on any atom is -0.468 e. The lowest BCUT2D eigenvalue weighted by atomic mass is 9.96. The SMILES string of the molecule is COC(=O)C(Cc1ccc(-c2ccccc2C#N)cc1)C(=O)I. The lowest BCUT2D eigenvalue weighted by Crippen LogP contribution is -2.23. The number of benzene rings is 2. The average Bonchev–Trinajstić information content (AvgIpc) is 2.59. The molecule has 23 heavy (non-hydrogen) atoms. The molecule has 2 rings (SSSR count). The van der Waals surface area contributed by atoms with Gasteiger partial charge in [0.1, 0.15) is 5.92 Å². The lowest BCUT2D eigenvalue weighted by Gasteiger charge is -2.11. The molecule has 0 aromatic heterocycles. The summed E-state index contributed by atoms with van der Waals surface area (Å²) in [6.07, 6.45) is 0.300. The number of nitrogens with zero attached hydrogens (tertiary/aromatic N) is 1. The average molecular weight is 419 g/mol. The van der Waals surface area contributed by atoms with Gasteiger partial charge in [-0.1, -0.05) is 42.5 Å². The number of halogens is 1. The fourth-order valence-electron chi connectivity index (χ4n) is 2.29. The zero-order valence-electron chi connectivity index (χ0n) is 12.5. The quantitative estimate of drug-likeness (QED) is 0.322. The van der Waals surface area contributed by atoms with Crippen molar-refractivity contribution in [1.29, 1.82) is 5.26 Å². The van der Waals surface area contributed by atoms with Gasteiger partial charge >= 0.3 is 5.97 Å². The van der Waals surface area contributed by atoms with Crippen molar-refractivity contribution in [3.63, 3.8) is 0 Å². The van der Waals surface area contributed by atoms with Gasteiger partial charge in [-0.2, -0.15) is 5.26 Å². The monoisotopic (exact) mass is 419 g/mol. The van der Waals surface area contributed by atoms with Crippen molar-refractivity contribution >= 4 is 32.4 Å². The molecule has 0 heterocycles. The first-order valence-electron chi connectivity index (χ1n) is 6.92. The third-order valence-electron chi connectivity index (χ3n) is 3.51. The molecule has 5 heteroatoms. The van der Waals surface area contributed by atoms with Crippen LogP contribution in [0, 0.1) is 17.2 Å². The highest BCUT2D eigenvalue weighted by Gasteiger charge is 2.25. The Bertz CT molecular complexity index is 763. The first kappa shape index (κ1) is 17.2. The van der Waals surface area contributed by atoms with Crippen molar-refractivity contribution in [2.75, 3.05) is 7.11 Å². The van der Waals surface area contributed by atoms with E-state index < -0.39 is 11.9 Å². The van der Waals surface area contributed by atoms with Crippen molar-refractivity contribution in [1.82, 2.24) is 0 Å². The molecule has 0 saturated heterocycles. The Morgan fingerprint density at radius 2 is 1.83 bits per heavy atom. The molecule has 0 N–H and O–H groups in total. The third-order valence-corrected chi connectivity index (χ3v) is 4.26. The molecule has 0 bridgehead atoms. The molecule has 0 fully saturated rings. The maximum atomic E-state index is 11.6. The van der Waals surface area contributed by atoms with E-state index in [1.807, 2.05) is 42.5 Å². The van der Waals surface area contributed by atoms with Crippen LogP contribution in [0.2, 0.25) is 0 Å². The molecular formula is C18H14INO3. The number of methoxy groups -OCH3 is 1. The zero-order chi connectivity index (χ0) is 16.8. The largest absolute Gasteiger partial charge is 0.468 e. The summed E-state index contributed by atoms with van der Waals surface area (Å²) in [5, 5.41) is 9.16. The van der Waals surface area contributed by atoms with E-state index in [4.69, 9.17) is 5.26 Å². The number of hydrogen-bond donors (Lipinski definition) is 0. The van der Waals surface area contributed by atoms with Crippen molar-refractivity contribution in [2.45, 2.75) is 6.42 Å². The molecule has 1 atom stereocenters. The first-order valence-corrected chi connectivity index (χ1v) is 8.00. The highest BCUT2D eigenvalue weighted by Crippen LogP contribution is 2.24. The highest BCUT2D eigenvalue weighted by molar-refractivity contribution is 14.1. The van der Waals surface area contributed by atoms with Crippen LogP contribution >= 0.6 is 22.6 Å². The van der Waals surface area contributed by atoms with E-state index >= 15 is 0 Å². The van der Waals surface area contributed by atoms with Crippen molar-refractivity contribution < 1.29 is 14.3 Å². The molecule has 0 aliphatic rings. The molecule has 0 saturated carbocycles. The number of esters is 1. The normalized spacial score (nSPS) is 11.3. The number of rotatable bonds is 5. The molecule has 1 unspecified atom stereocenters. The van der Waals surface area contributed by atoms with Gasteiger partial charge in [-0.05, 0) is 29.2 Å². The van der Waals surface area contributed by atoms with Crippen LogP contribution in [0.1, 0.15) is 11.1 Å². The van der Waals surface area contributed by atoms with E-state index in [1.54, 1.807) is 28.7 Å². The van der Waals surface area contributed by atoms with Gasteiger partial charge in [0.25, 0.3) is 0 Å². The fraction of sp³-hybridized carbons (Fsp3) is 0.167. The van der Waals surface area contributed by atoms with E-state index in [2.05, 4.69) is 10.8 Å². The minimum absolute atomic E-state index is 0.242. The van der Waals surface area contributed by atoms with Gasteiger partial charge in [0, 0.05) is 22.6 Å². The summed E-state index contributed by atoms with van der Waals surface area (Å²) in [5.41, 5.74) is 3.25. The summed E-state index contributed by atoms with van der Waals surface area (Å²) < 4.78 is 4.43. The number of carbonyl (C=O) groups excluding carboxylic acids is 2. The summed E-state index contributed by atoms with van der Waals surface area (Å²) in [6, 6.07) is 17.0. The van der Waals surface area contributed by atoms with Gasteiger partial charge in [-0.3, -0.25) is 9.59 Å². The molecule has 0 aliphatic heterocycles. The van der Waals surface area contributed by atoms with Crippen molar-refractivity contribution in [2.24, 2.45) is 5.92 Å². The zero-order valence-corrected chi connectivity index (χ0v) is 14.6. The molecule has 0 amide bonds. The second-order valence-electron chi connectivity index (χ2n) is 4.94. The standard InChI is InChI=1S/C18H14INO3/c1-23-18(22)16(17(19)21)10-12-6-8-13(9-7-12)15-5-3-2-4-14(15)11-20/h2-9,16H,10H2,1H3. The second kappa shape index (κ2) is 7.88. The lowest BCUT2D eigenvalue weighted by molar-refractivity contribution is -0.147. The molecule has 0 aliphatic carbocycles. The van der Waals surface area contributed by atoms with E-state index in [0.717, 1.165) is 16.7 Å². The van der Waals surface area contributed by atoms with Crippen LogP contribution < -0.4 is 0 Å². The van der Waals surface area contributed by atoms with Crippen LogP contribution in [-0.2, 0) is 20.7 Å². The van der Waals surface area contributed by atoms with Crippen LogP contribution in [0.15, 0.2) is 48.5 Å². The Morgan fingerprint density at radius 1 is 1.17 bits per heavy atom. The Morgan fingerprint density at radius 3 is 2.39 bits per heavy atom. The maximum Gasteiger partial charge on any atom is 0.317 e. The third kappa shape index (κ3) is 4.17. The summed E-state index contributed by atoms with van der Waals surface area (Å²) in [7, 11) is 1.27. The molecule has 0 radical (unpaired) electrons. The molecule has 116 valence electrons. The van der Waals surface area contributed by atoms with Crippen molar-refractivity contribution in [3.05, 3.63) is 59.7 Å². The minimum atomic E-state index is -0.794. The van der Waals surface area contributed by atoms with Gasteiger partial charge in [0.15, 0.2) is 0 Å². The second-order valence-corrected chi connectivity index (χ2v) is 6.00. The van der Waals surface area contributed by atoms with Crippen LogP contribution in [-0.4, -0.2) is 16.9 Å². The predicted molar refractivity (Wildman–Crippen MR) is 94.8 cm³/mol. The predicted octanol–water partition coefficient (Wildman–Crippen LogP) is 3.52. The Kier molecular flexibility index (Phi) is 5.88. The smallest absolute Gasteiger partial charge is 0.317 e. The topological polar surface area (TPSA) is 67.2 Å². The van der Waals surface area contributed by atoms with Gasteiger partial charge in [0.2, 0.25) is 3.79 Å². The van der Waals surface area contributed by atoms with Gasteiger partial charge < -0.3 is 4.74 Å². The molecule has 0 spiro atoms. The molecule has 2 aromatic carbocycles. The number of hydrogen-bond acceptors (Lipinski definition) is 4. The number of ether oxygens (including phenoxy) is 1. The molecule has 2 aromatic rings.